The quantitative estimate of drug-likeness (QED) is 0.788. The van der Waals surface area contributed by atoms with E-state index in [1.165, 1.54) is 0 Å². The van der Waals surface area contributed by atoms with E-state index in [0.29, 0.717) is 31.9 Å². The lowest BCUT2D eigenvalue weighted by molar-refractivity contribution is -0.0579. The van der Waals surface area contributed by atoms with Crippen molar-refractivity contribution in [3.05, 3.63) is 35.5 Å². The smallest absolute Gasteiger partial charge is 0.341 e. The number of aromatic nitrogens is 1. The second-order valence-corrected chi connectivity index (χ2v) is 6.97. The highest BCUT2D eigenvalue weighted by atomic mass is 16.6. The molecule has 2 aromatic rings. The summed E-state index contributed by atoms with van der Waals surface area (Å²) in [7, 11) is 0. The second kappa shape index (κ2) is 6.85. The van der Waals surface area contributed by atoms with Crippen molar-refractivity contribution < 1.29 is 19.0 Å². The van der Waals surface area contributed by atoms with Gasteiger partial charge >= 0.3 is 5.97 Å². The molecule has 0 amide bonds. The van der Waals surface area contributed by atoms with Crippen LogP contribution in [0.3, 0.4) is 0 Å². The number of anilines is 1. The molecule has 0 N–H and O–H groups in total. The van der Waals surface area contributed by atoms with Crippen molar-refractivity contribution in [2.24, 2.45) is 0 Å². The van der Waals surface area contributed by atoms with Gasteiger partial charge in [0.15, 0.2) is 0 Å². The van der Waals surface area contributed by atoms with Gasteiger partial charge < -0.3 is 19.1 Å². The van der Waals surface area contributed by atoms with Crippen LogP contribution < -0.4 is 4.90 Å². The van der Waals surface area contributed by atoms with Gasteiger partial charge in [-0.3, -0.25) is 4.98 Å². The third-order valence-electron chi connectivity index (χ3n) is 5.20. The van der Waals surface area contributed by atoms with E-state index in [2.05, 4.69) is 9.88 Å². The lowest BCUT2D eigenvalue weighted by atomic mass is 9.98. The van der Waals surface area contributed by atoms with Crippen LogP contribution in [0.5, 0.6) is 0 Å². The molecule has 1 unspecified atom stereocenters. The fraction of sp³-hybridized carbons (Fsp3) is 0.500. The van der Waals surface area contributed by atoms with E-state index in [0.717, 1.165) is 41.7 Å². The molecule has 6 heteroatoms. The fourth-order valence-corrected chi connectivity index (χ4v) is 3.92. The summed E-state index contributed by atoms with van der Waals surface area (Å²) in [6.07, 6.45) is 2.52. The topological polar surface area (TPSA) is 60.9 Å². The van der Waals surface area contributed by atoms with Crippen LogP contribution in [0.15, 0.2) is 24.4 Å². The highest BCUT2D eigenvalue weighted by molar-refractivity contribution is 6.06. The Labute approximate surface area is 153 Å². The van der Waals surface area contributed by atoms with Gasteiger partial charge in [-0.05, 0) is 19.4 Å². The van der Waals surface area contributed by atoms with Crippen LogP contribution >= 0.6 is 0 Å². The zero-order valence-corrected chi connectivity index (χ0v) is 15.3. The standard InChI is InChI=1S/C20H24N2O4/c1-3-25-19(23)16-11-21-17-14(2)5-4-6-15(17)18(16)22-8-10-26-20(12-22)7-9-24-13-20/h4-6,11H,3,7-10,12-13H2,1-2H3. The number of morpholine rings is 1. The molecule has 2 aliphatic rings. The number of fused-ring (bicyclic) bond motifs is 1. The molecule has 1 spiro atoms. The zero-order chi connectivity index (χ0) is 18.1. The first kappa shape index (κ1) is 17.2. The molecule has 2 saturated heterocycles. The number of ether oxygens (including phenoxy) is 3. The number of benzene rings is 1. The molecule has 1 atom stereocenters. The minimum atomic E-state index is -0.332. The Balaban J connectivity index is 1.84. The van der Waals surface area contributed by atoms with Crippen LogP contribution in [0, 0.1) is 6.92 Å². The summed E-state index contributed by atoms with van der Waals surface area (Å²) in [5, 5.41) is 0.978. The van der Waals surface area contributed by atoms with E-state index < -0.39 is 0 Å². The number of carbonyl (C=O) groups is 1. The van der Waals surface area contributed by atoms with Gasteiger partial charge in [0.2, 0.25) is 0 Å². The second-order valence-electron chi connectivity index (χ2n) is 6.97. The maximum absolute atomic E-state index is 12.6. The molecular formula is C20H24N2O4. The van der Waals surface area contributed by atoms with Crippen LogP contribution in [0.1, 0.15) is 29.3 Å². The van der Waals surface area contributed by atoms with E-state index in [-0.39, 0.29) is 11.6 Å². The Kier molecular flexibility index (Phi) is 4.54. The third kappa shape index (κ3) is 2.93. The number of rotatable bonds is 3. The van der Waals surface area contributed by atoms with Crippen LogP contribution in [-0.4, -0.2) is 56.1 Å². The Morgan fingerprint density at radius 2 is 2.27 bits per heavy atom. The Morgan fingerprint density at radius 1 is 1.38 bits per heavy atom. The van der Waals surface area contributed by atoms with Crippen molar-refractivity contribution in [3.8, 4) is 0 Å². The fourth-order valence-electron chi connectivity index (χ4n) is 3.92. The van der Waals surface area contributed by atoms with Gasteiger partial charge in [0.1, 0.15) is 11.2 Å². The highest BCUT2D eigenvalue weighted by Crippen LogP contribution is 2.36. The molecule has 2 aliphatic heterocycles. The Morgan fingerprint density at radius 3 is 3.04 bits per heavy atom. The molecule has 26 heavy (non-hydrogen) atoms. The number of para-hydroxylation sites is 1. The first-order valence-corrected chi connectivity index (χ1v) is 9.16. The van der Waals surface area contributed by atoms with Gasteiger partial charge in [-0.15, -0.1) is 0 Å². The number of pyridine rings is 1. The average Bonchev–Trinajstić information content (AvgIpc) is 3.09. The summed E-state index contributed by atoms with van der Waals surface area (Å²) in [6, 6.07) is 6.07. The number of nitrogens with zero attached hydrogens (tertiary/aromatic N) is 2. The van der Waals surface area contributed by atoms with Crippen LogP contribution in [-0.2, 0) is 14.2 Å². The van der Waals surface area contributed by atoms with Crippen molar-refractivity contribution in [2.45, 2.75) is 25.9 Å². The molecular weight excluding hydrogens is 332 g/mol. The summed E-state index contributed by atoms with van der Waals surface area (Å²) in [4.78, 5) is 19.4. The third-order valence-corrected chi connectivity index (χ3v) is 5.20. The van der Waals surface area contributed by atoms with Crippen molar-refractivity contribution in [2.75, 3.05) is 44.4 Å². The van der Waals surface area contributed by atoms with Gasteiger partial charge in [0.25, 0.3) is 0 Å². The van der Waals surface area contributed by atoms with Crippen LogP contribution in [0.2, 0.25) is 0 Å². The van der Waals surface area contributed by atoms with Crippen molar-refractivity contribution in [1.29, 1.82) is 0 Å². The molecule has 2 fully saturated rings. The Hall–Kier alpha value is -2.18. The van der Waals surface area contributed by atoms with Crippen molar-refractivity contribution >= 4 is 22.6 Å². The summed E-state index contributed by atoms with van der Waals surface area (Å²) >= 11 is 0. The SMILES string of the molecule is CCOC(=O)c1cnc2c(C)cccc2c1N1CCOC2(CCOC2)C1. The predicted molar refractivity (Wildman–Crippen MR) is 98.8 cm³/mol. The van der Waals surface area contributed by atoms with E-state index in [4.69, 9.17) is 14.2 Å². The summed E-state index contributed by atoms with van der Waals surface area (Å²) in [5.74, 6) is -0.332. The van der Waals surface area contributed by atoms with E-state index >= 15 is 0 Å². The number of esters is 1. The molecule has 0 bridgehead atoms. The zero-order valence-electron chi connectivity index (χ0n) is 15.3. The average molecular weight is 356 g/mol. The normalized spacial score (nSPS) is 22.9. The van der Waals surface area contributed by atoms with Crippen molar-refractivity contribution in [1.82, 2.24) is 4.98 Å². The molecule has 138 valence electrons. The van der Waals surface area contributed by atoms with Gasteiger partial charge in [-0.25, -0.2) is 4.79 Å². The van der Waals surface area contributed by atoms with Crippen LogP contribution in [0.25, 0.3) is 10.9 Å². The predicted octanol–water partition coefficient (Wildman–Crippen LogP) is 2.72. The molecule has 4 rings (SSSR count). The van der Waals surface area contributed by atoms with Crippen molar-refractivity contribution in [3.63, 3.8) is 0 Å². The maximum atomic E-state index is 12.6. The van der Waals surface area contributed by atoms with Gasteiger partial charge in [0.05, 0.1) is 31.0 Å². The molecule has 3 heterocycles. The monoisotopic (exact) mass is 356 g/mol. The van der Waals surface area contributed by atoms with E-state index in [9.17, 15) is 4.79 Å². The Bertz CT molecular complexity index is 830. The first-order chi connectivity index (χ1) is 12.6. The largest absolute Gasteiger partial charge is 0.462 e. The lowest BCUT2D eigenvalue weighted by Gasteiger charge is -2.41. The molecule has 1 aromatic heterocycles. The molecule has 0 saturated carbocycles. The number of aryl methyl sites for hydroxylation is 1. The lowest BCUT2D eigenvalue weighted by Crippen LogP contribution is -2.52. The molecule has 0 radical (unpaired) electrons. The van der Waals surface area contributed by atoms with E-state index in [1.54, 1.807) is 6.20 Å². The van der Waals surface area contributed by atoms with Crippen LogP contribution in [0.4, 0.5) is 5.69 Å². The van der Waals surface area contributed by atoms with E-state index in [1.807, 2.05) is 32.0 Å². The molecule has 6 nitrogen and oxygen atoms in total. The number of hydrogen-bond donors (Lipinski definition) is 0. The number of carbonyl (C=O) groups excluding carboxylic acids is 1. The summed E-state index contributed by atoms with van der Waals surface area (Å²) in [6.45, 7) is 7.54. The van der Waals surface area contributed by atoms with Gasteiger partial charge in [0, 0.05) is 37.7 Å². The minimum Gasteiger partial charge on any atom is -0.462 e. The highest BCUT2D eigenvalue weighted by Gasteiger charge is 2.41. The summed E-state index contributed by atoms with van der Waals surface area (Å²) < 4.78 is 16.9. The van der Waals surface area contributed by atoms with Gasteiger partial charge in [-0.2, -0.15) is 0 Å². The van der Waals surface area contributed by atoms with Gasteiger partial charge in [-0.1, -0.05) is 18.2 Å². The maximum Gasteiger partial charge on any atom is 0.341 e. The molecule has 1 aromatic carbocycles. The molecule has 0 aliphatic carbocycles. The summed E-state index contributed by atoms with van der Waals surface area (Å²) in [5.41, 5.74) is 3.13. The minimum absolute atomic E-state index is 0.288. The first-order valence-electron chi connectivity index (χ1n) is 9.16. The number of hydrogen-bond acceptors (Lipinski definition) is 6.